The van der Waals surface area contributed by atoms with Gasteiger partial charge in [-0.05, 0) is 30.7 Å². The number of fused-ring (bicyclic) bond motifs is 3. The highest BCUT2D eigenvalue weighted by Gasteiger charge is 2.08. The molecule has 0 radical (unpaired) electrons. The summed E-state index contributed by atoms with van der Waals surface area (Å²) in [5.74, 6) is 0. The summed E-state index contributed by atoms with van der Waals surface area (Å²) in [6.07, 6.45) is 3.66. The Morgan fingerprint density at radius 3 is 2.82 bits per heavy atom. The van der Waals surface area contributed by atoms with Crippen LogP contribution in [0.25, 0.3) is 21.8 Å². The number of aliphatic imine (C=N–C) groups is 1. The van der Waals surface area contributed by atoms with E-state index < -0.39 is 0 Å². The van der Waals surface area contributed by atoms with Crippen LogP contribution in [0.3, 0.4) is 0 Å². The lowest BCUT2D eigenvalue weighted by Gasteiger charge is -2.02. The van der Waals surface area contributed by atoms with Gasteiger partial charge < -0.3 is 4.57 Å². The molecule has 22 heavy (non-hydrogen) atoms. The fourth-order valence-corrected chi connectivity index (χ4v) is 3.38. The summed E-state index contributed by atoms with van der Waals surface area (Å²) >= 11 is 1.54. The van der Waals surface area contributed by atoms with Crippen molar-refractivity contribution in [1.29, 1.82) is 0 Å². The molecule has 2 aromatic heterocycles. The zero-order valence-electron chi connectivity index (χ0n) is 12.2. The Kier molecular flexibility index (Phi) is 3.24. The normalized spacial score (nSPS) is 11.9. The fraction of sp³-hybridized carbons (Fsp3) is 0.111. The van der Waals surface area contributed by atoms with Gasteiger partial charge in [0.05, 0.1) is 0 Å². The molecule has 0 bridgehead atoms. The molecule has 0 aliphatic heterocycles. The third-order valence-corrected chi connectivity index (χ3v) is 4.54. The second-order valence-electron chi connectivity index (χ2n) is 5.11. The standard InChI is InChI=1S/C18H15N3S/c1-2-21-16-6-4-3-5-14(16)15-11-13(7-8-17(15)21)12-20-18-19-9-10-22-18/h3-12H,2H2,1H3/b20-12+. The number of nitrogens with zero attached hydrogens (tertiary/aromatic N) is 3. The molecule has 4 heteroatoms. The molecule has 0 fully saturated rings. The third kappa shape index (κ3) is 2.12. The molecule has 0 unspecified atom stereocenters. The van der Waals surface area contributed by atoms with Gasteiger partial charge in [0.25, 0.3) is 0 Å². The van der Waals surface area contributed by atoms with Gasteiger partial charge in [-0.3, -0.25) is 0 Å². The minimum atomic E-state index is 0.788. The second kappa shape index (κ2) is 5.39. The maximum absolute atomic E-state index is 4.43. The summed E-state index contributed by atoms with van der Waals surface area (Å²) in [6, 6.07) is 15.1. The van der Waals surface area contributed by atoms with Crippen LogP contribution >= 0.6 is 11.3 Å². The SMILES string of the molecule is CCn1c2ccccc2c2cc(/C=N/c3nccs3)ccc21. The lowest BCUT2D eigenvalue weighted by molar-refractivity contribution is 0.827. The number of aryl methyl sites for hydroxylation is 1. The average molecular weight is 305 g/mol. The lowest BCUT2D eigenvalue weighted by atomic mass is 10.1. The minimum Gasteiger partial charge on any atom is -0.341 e. The number of hydrogen-bond donors (Lipinski definition) is 0. The van der Waals surface area contributed by atoms with Crippen LogP contribution in [0, 0.1) is 0 Å². The molecule has 0 atom stereocenters. The lowest BCUT2D eigenvalue weighted by Crippen LogP contribution is -1.92. The number of hydrogen-bond acceptors (Lipinski definition) is 3. The van der Waals surface area contributed by atoms with Crippen molar-refractivity contribution in [3.05, 3.63) is 59.6 Å². The number of rotatable bonds is 3. The maximum atomic E-state index is 4.43. The monoisotopic (exact) mass is 305 g/mol. The van der Waals surface area contributed by atoms with Gasteiger partial charge in [-0.25, -0.2) is 9.98 Å². The van der Waals surface area contributed by atoms with Gasteiger partial charge in [-0.1, -0.05) is 24.3 Å². The van der Waals surface area contributed by atoms with E-state index in [1.807, 2.05) is 11.6 Å². The molecule has 0 N–H and O–H groups in total. The Bertz CT molecular complexity index is 965. The summed E-state index contributed by atoms with van der Waals surface area (Å²) in [5.41, 5.74) is 3.66. The van der Waals surface area contributed by atoms with Crippen molar-refractivity contribution in [3.8, 4) is 0 Å². The Morgan fingerprint density at radius 1 is 1.14 bits per heavy atom. The first-order valence-corrected chi connectivity index (χ1v) is 8.19. The van der Waals surface area contributed by atoms with E-state index >= 15 is 0 Å². The van der Waals surface area contributed by atoms with Crippen LogP contribution in [-0.2, 0) is 6.54 Å². The summed E-state index contributed by atoms with van der Waals surface area (Å²) in [5, 5.41) is 5.30. The summed E-state index contributed by atoms with van der Waals surface area (Å²) in [6.45, 7) is 3.15. The molecule has 4 rings (SSSR count). The molecule has 0 aliphatic carbocycles. The van der Waals surface area contributed by atoms with Gasteiger partial charge in [0.2, 0.25) is 5.13 Å². The second-order valence-corrected chi connectivity index (χ2v) is 5.98. The van der Waals surface area contributed by atoms with E-state index in [0.29, 0.717) is 0 Å². The van der Waals surface area contributed by atoms with Crippen LogP contribution < -0.4 is 0 Å². The highest BCUT2D eigenvalue weighted by molar-refractivity contribution is 7.13. The molecule has 2 aromatic carbocycles. The molecular formula is C18H15N3S. The highest BCUT2D eigenvalue weighted by Crippen LogP contribution is 2.29. The van der Waals surface area contributed by atoms with Crippen molar-refractivity contribution >= 4 is 44.5 Å². The Balaban J connectivity index is 1.88. The van der Waals surface area contributed by atoms with Crippen LogP contribution in [0.5, 0.6) is 0 Å². The smallest absolute Gasteiger partial charge is 0.208 e. The number of aromatic nitrogens is 2. The zero-order chi connectivity index (χ0) is 14.9. The largest absolute Gasteiger partial charge is 0.341 e. The zero-order valence-corrected chi connectivity index (χ0v) is 13.0. The van der Waals surface area contributed by atoms with E-state index in [1.165, 1.54) is 21.8 Å². The number of thiazole rings is 1. The molecule has 2 heterocycles. The molecule has 0 saturated heterocycles. The van der Waals surface area contributed by atoms with E-state index in [0.717, 1.165) is 17.2 Å². The Hall–Kier alpha value is -2.46. The maximum Gasteiger partial charge on any atom is 0.208 e. The van der Waals surface area contributed by atoms with E-state index in [4.69, 9.17) is 0 Å². The van der Waals surface area contributed by atoms with Crippen molar-refractivity contribution < 1.29 is 0 Å². The summed E-state index contributed by atoms with van der Waals surface area (Å²) in [4.78, 5) is 8.60. The van der Waals surface area contributed by atoms with Gasteiger partial charge >= 0.3 is 0 Å². The molecular weight excluding hydrogens is 290 g/mol. The highest BCUT2D eigenvalue weighted by atomic mass is 32.1. The van der Waals surface area contributed by atoms with Crippen molar-refractivity contribution in [2.24, 2.45) is 4.99 Å². The quantitative estimate of drug-likeness (QED) is 0.489. The van der Waals surface area contributed by atoms with E-state index in [1.54, 1.807) is 17.5 Å². The number of para-hydroxylation sites is 1. The molecule has 108 valence electrons. The predicted octanol–water partition coefficient (Wildman–Crippen LogP) is 5.02. The van der Waals surface area contributed by atoms with E-state index in [9.17, 15) is 0 Å². The first-order chi connectivity index (χ1) is 10.9. The molecule has 0 spiro atoms. The van der Waals surface area contributed by atoms with Gasteiger partial charge in [-0.2, -0.15) is 0 Å². The van der Waals surface area contributed by atoms with Crippen LogP contribution in [-0.4, -0.2) is 15.8 Å². The van der Waals surface area contributed by atoms with E-state index in [2.05, 4.69) is 63.9 Å². The van der Waals surface area contributed by atoms with Crippen molar-refractivity contribution in [3.63, 3.8) is 0 Å². The van der Waals surface area contributed by atoms with Gasteiger partial charge in [-0.15, -0.1) is 11.3 Å². The van der Waals surface area contributed by atoms with Crippen LogP contribution in [0.2, 0.25) is 0 Å². The third-order valence-electron chi connectivity index (χ3n) is 3.86. The molecule has 0 amide bonds. The van der Waals surface area contributed by atoms with Crippen molar-refractivity contribution in [1.82, 2.24) is 9.55 Å². The van der Waals surface area contributed by atoms with Crippen LogP contribution in [0.1, 0.15) is 12.5 Å². The van der Waals surface area contributed by atoms with Gasteiger partial charge in [0.1, 0.15) is 0 Å². The average Bonchev–Trinajstić information content (AvgIpc) is 3.18. The first-order valence-electron chi connectivity index (χ1n) is 7.31. The van der Waals surface area contributed by atoms with Crippen molar-refractivity contribution in [2.45, 2.75) is 13.5 Å². The molecule has 3 nitrogen and oxygen atoms in total. The van der Waals surface area contributed by atoms with Gasteiger partial charge in [0, 0.05) is 46.1 Å². The van der Waals surface area contributed by atoms with E-state index in [-0.39, 0.29) is 0 Å². The fourth-order valence-electron chi connectivity index (χ4n) is 2.90. The topological polar surface area (TPSA) is 30.2 Å². The van der Waals surface area contributed by atoms with Crippen molar-refractivity contribution in [2.75, 3.05) is 0 Å². The molecule has 0 aliphatic rings. The van der Waals surface area contributed by atoms with Crippen LogP contribution in [0.15, 0.2) is 59.0 Å². The summed E-state index contributed by atoms with van der Waals surface area (Å²) in [7, 11) is 0. The van der Waals surface area contributed by atoms with Gasteiger partial charge in [0.15, 0.2) is 0 Å². The molecule has 0 saturated carbocycles. The molecule has 4 aromatic rings. The Labute approximate surface area is 132 Å². The Morgan fingerprint density at radius 2 is 2.00 bits per heavy atom. The number of benzene rings is 2. The van der Waals surface area contributed by atoms with Crippen LogP contribution in [0.4, 0.5) is 5.13 Å². The minimum absolute atomic E-state index is 0.788. The first kappa shape index (κ1) is 13.2. The summed E-state index contributed by atoms with van der Waals surface area (Å²) < 4.78 is 2.35. The predicted molar refractivity (Wildman–Crippen MR) is 94.5 cm³/mol.